The van der Waals surface area contributed by atoms with Crippen molar-refractivity contribution in [3.63, 3.8) is 0 Å². The molecule has 1 aliphatic heterocycles. The fourth-order valence-electron chi connectivity index (χ4n) is 2.19. The molecular formula is C15H20O3. The Hall–Kier alpha value is -1.35. The Kier molecular flexibility index (Phi) is 2.98. The summed E-state index contributed by atoms with van der Waals surface area (Å²) in [6, 6.07) is 5.52. The summed E-state index contributed by atoms with van der Waals surface area (Å²) in [6.45, 7) is 8.13. The van der Waals surface area contributed by atoms with Gasteiger partial charge in [-0.15, -0.1) is 0 Å². The normalized spacial score (nSPS) is 17.2. The lowest BCUT2D eigenvalue weighted by Gasteiger charge is -2.18. The number of carbonyl (C=O) groups is 1. The smallest absolute Gasteiger partial charge is 0.165 e. The molecule has 3 nitrogen and oxygen atoms in total. The van der Waals surface area contributed by atoms with Crippen LogP contribution in [0.25, 0.3) is 0 Å². The number of ketones is 1. The monoisotopic (exact) mass is 248 g/mol. The topological polar surface area (TPSA) is 46.5 Å². The summed E-state index contributed by atoms with van der Waals surface area (Å²) in [7, 11) is 0. The van der Waals surface area contributed by atoms with Crippen molar-refractivity contribution < 1.29 is 14.6 Å². The van der Waals surface area contributed by atoms with E-state index in [1.165, 1.54) is 0 Å². The Bertz CT molecular complexity index is 481. The van der Waals surface area contributed by atoms with Crippen molar-refractivity contribution in [1.82, 2.24) is 0 Å². The first-order chi connectivity index (χ1) is 8.19. The Morgan fingerprint density at radius 2 is 2.11 bits per heavy atom. The van der Waals surface area contributed by atoms with Gasteiger partial charge in [-0.05, 0) is 32.0 Å². The van der Waals surface area contributed by atoms with Gasteiger partial charge in [0.15, 0.2) is 5.78 Å². The Labute approximate surface area is 108 Å². The van der Waals surface area contributed by atoms with Crippen LogP contribution in [0.15, 0.2) is 18.2 Å². The van der Waals surface area contributed by atoms with E-state index in [-0.39, 0.29) is 17.6 Å². The van der Waals surface area contributed by atoms with Gasteiger partial charge in [-0.3, -0.25) is 4.79 Å². The van der Waals surface area contributed by atoms with Crippen molar-refractivity contribution in [2.24, 2.45) is 0 Å². The SMILES string of the molecule is CC(C)(O)CC(=O)c1ccc2c(c1)C(C)(C)CO2. The van der Waals surface area contributed by atoms with Crippen LogP contribution >= 0.6 is 0 Å². The maximum Gasteiger partial charge on any atom is 0.165 e. The number of ether oxygens (including phenoxy) is 1. The van der Waals surface area contributed by atoms with E-state index in [2.05, 4.69) is 13.8 Å². The van der Waals surface area contributed by atoms with Crippen LogP contribution in [0.4, 0.5) is 0 Å². The van der Waals surface area contributed by atoms with Gasteiger partial charge in [0.1, 0.15) is 5.75 Å². The first kappa shape index (κ1) is 13.1. The number of carbonyl (C=O) groups excluding carboxylic acids is 1. The molecular weight excluding hydrogens is 228 g/mol. The number of fused-ring (bicyclic) bond motifs is 1. The average Bonchev–Trinajstić information content (AvgIpc) is 2.52. The largest absolute Gasteiger partial charge is 0.492 e. The number of benzene rings is 1. The van der Waals surface area contributed by atoms with Crippen LogP contribution in [-0.4, -0.2) is 23.1 Å². The second kappa shape index (κ2) is 4.09. The third-order valence-corrected chi connectivity index (χ3v) is 3.21. The van der Waals surface area contributed by atoms with E-state index in [0.717, 1.165) is 11.3 Å². The molecule has 1 aromatic carbocycles. The molecule has 0 bridgehead atoms. The minimum Gasteiger partial charge on any atom is -0.492 e. The second-order valence-electron chi connectivity index (χ2n) is 6.30. The van der Waals surface area contributed by atoms with Crippen molar-refractivity contribution in [2.75, 3.05) is 6.61 Å². The molecule has 0 atom stereocenters. The molecule has 0 unspecified atom stereocenters. The summed E-state index contributed by atoms with van der Waals surface area (Å²) in [4.78, 5) is 12.1. The lowest BCUT2D eigenvalue weighted by Crippen LogP contribution is -2.23. The van der Waals surface area contributed by atoms with Crippen LogP contribution in [0.5, 0.6) is 5.75 Å². The van der Waals surface area contributed by atoms with Crippen LogP contribution in [0.1, 0.15) is 50.0 Å². The molecule has 0 aromatic heterocycles. The van der Waals surface area contributed by atoms with Crippen LogP contribution in [-0.2, 0) is 5.41 Å². The van der Waals surface area contributed by atoms with Crippen molar-refractivity contribution in [1.29, 1.82) is 0 Å². The van der Waals surface area contributed by atoms with E-state index in [1.54, 1.807) is 19.9 Å². The van der Waals surface area contributed by atoms with Gasteiger partial charge < -0.3 is 9.84 Å². The van der Waals surface area contributed by atoms with Crippen molar-refractivity contribution in [2.45, 2.75) is 45.1 Å². The quantitative estimate of drug-likeness (QED) is 0.837. The highest BCUT2D eigenvalue weighted by atomic mass is 16.5. The molecule has 1 N–H and O–H groups in total. The summed E-state index contributed by atoms with van der Waals surface area (Å²) in [5.41, 5.74) is 0.696. The molecule has 0 saturated carbocycles. The van der Waals surface area contributed by atoms with Crippen LogP contribution in [0, 0.1) is 0 Å². The molecule has 0 amide bonds. The third-order valence-electron chi connectivity index (χ3n) is 3.21. The lowest BCUT2D eigenvalue weighted by atomic mass is 9.85. The maximum absolute atomic E-state index is 12.1. The zero-order valence-corrected chi connectivity index (χ0v) is 11.4. The summed E-state index contributed by atoms with van der Waals surface area (Å²) < 4.78 is 5.59. The second-order valence-corrected chi connectivity index (χ2v) is 6.30. The summed E-state index contributed by atoms with van der Waals surface area (Å²) in [5, 5.41) is 9.70. The number of hydrogen-bond acceptors (Lipinski definition) is 3. The van der Waals surface area contributed by atoms with Crippen molar-refractivity contribution >= 4 is 5.78 Å². The molecule has 1 heterocycles. The number of Topliss-reactive ketones (excluding diaryl/α,β-unsaturated/α-hetero) is 1. The van der Waals surface area contributed by atoms with Gasteiger partial charge in [0.25, 0.3) is 0 Å². The molecule has 0 spiro atoms. The van der Waals surface area contributed by atoms with E-state index in [1.807, 2.05) is 12.1 Å². The molecule has 2 rings (SSSR count). The number of hydrogen-bond donors (Lipinski definition) is 1. The molecule has 3 heteroatoms. The minimum atomic E-state index is -0.970. The zero-order valence-electron chi connectivity index (χ0n) is 11.4. The van der Waals surface area contributed by atoms with Crippen LogP contribution in [0.2, 0.25) is 0 Å². The summed E-state index contributed by atoms with van der Waals surface area (Å²) >= 11 is 0. The van der Waals surface area contributed by atoms with Gasteiger partial charge in [0.05, 0.1) is 12.2 Å². The van der Waals surface area contributed by atoms with E-state index in [0.29, 0.717) is 12.2 Å². The highest BCUT2D eigenvalue weighted by Gasteiger charge is 2.32. The first-order valence-corrected chi connectivity index (χ1v) is 6.22. The molecule has 18 heavy (non-hydrogen) atoms. The summed E-state index contributed by atoms with van der Waals surface area (Å²) in [6.07, 6.45) is 0.132. The lowest BCUT2D eigenvalue weighted by molar-refractivity contribution is 0.0587. The fourth-order valence-corrected chi connectivity index (χ4v) is 2.19. The fraction of sp³-hybridized carbons (Fsp3) is 0.533. The number of rotatable bonds is 3. The van der Waals surface area contributed by atoms with Gasteiger partial charge in [-0.2, -0.15) is 0 Å². The molecule has 98 valence electrons. The Balaban J connectivity index is 2.30. The maximum atomic E-state index is 12.1. The number of aliphatic hydroxyl groups is 1. The third kappa shape index (κ3) is 2.56. The highest BCUT2D eigenvalue weighted by molar-refractivity contribution is 5.97. The van der Waals surface area contributed by atoms with Gasteiger partial charge in [-0.25, -0.2) is 0 Å². The first-order valence-electron chi connectivity index (χ1n) is 6.22. The molecule has 0 aliphatic carbocycles. The van der Waals surface area contributed by atoms with E-state index >= 15 is 0 Å². The standard InChI is InChI=1S/C15H20O3/c1-14(2)9-18-13-6-5-10(7-11(13)14)12(16)8-15(3,4)17/h5-7,17H,8-9H2,1-4H3. The van der Waals surface area contributed by atoms with Gasteiger partial charge in [0.2, 0.25) is 0 Å². The minimum absolute atomic E-state index is 0.0343. The molecule has 1 aliphatic rings. The van der Waals surface area contributed by atoms with E-state index in [4.69, 9.17) is 4.74 Å². The van der Waals surface area contributed by atoms with Gasteiger partial charge in [0, 0.05) is 23.0 Å². The summed E-state index contributed by atoms with van der Waals surface area (Å²) in [5.74, 6) is 0.827. The molecule has 1 aromatic rings. The van der Waals surface area contributed by atoms with Gasteiger partial charge >= 0.3 is 0 Å². The van der Waals surface area contributed by atoms with E-state index < -0.39 is 5.60 Å². The Morgan fingerprint density at radius 1 is 1.44 bits per heavy atom. The Morgan fingerprint density at radius 3 is 2.72 bits per heavy atom. The highest BCUT2D eigenvalue weighted by Crippen LogP contribution is 2.38. The van der Waals surface area contributed by atoms with Crippen molar-refractivity contribution in [3.8, 4) is 5.75 Å². The van der Waals surface area contributed by atoms with Crippen molar-refractivity contribution in [3.05, 3.63) is 29.3 Å². The van der Waals surface area contributed by atoms with Crippen LogP contribution in [0.3, 0.4) is 0 Å². The molecule has 0 fully saturated rings. The molecule has 0 saturated heterocycles. The average molecular weight is 248 g/mol. The zero-order chi connectivity index (χ0) is 13.6. The van der Waals surface area contributed by atoms with Crippen LogP contribution < -0.4 is 4.74 Å². The predicted octanol–water partition coefficient (Wildman–Crippen LogP) is 2.70. The van der Waals surface area contributed by atoms with E-state index in [9.17, 15) is 9.90 Å². The predicted molar refractivity (Wildman–Crippen MR) is 70.2 cm³/mol. The van der Waals surface area contributed by atoms with Gasteiger partial charge in [-0.1, -0.05) is 13.8 Å². The molecule has 0 radical (unpaired) electrons.